The molecule has 0 bridgehead atoms. The highest BCUT2D eigenvalue weighted by Crippen LogP contribution is 2.19. The molecule has 0 aliphatic heterocycles. The number of hydrogen-bond acceptors (Lipinski definition) is 4. The van der Waals surface area contributed by atoms with Crippen LogP contribution in [0.2, 0.25) is 0 Å². The van der Waals surface area contributed by atoms with E-state index in [2.05, 4.69) is 48.3 Å². The summed E-state index contributed by atoms with van der Waals surface area (Å²) >= 11 is 1.75. The van der Waals surface area contributed by atoms with E-state index < -0.39 is 0 Å². The monoisotopic (exact) mass is 567 g/mol. The first-order valence-corrected chi connectivity index (χ1v) is 11.1. The van der Waals surface area contributed by atoms with Gasteiger partial charge in [-0.1, -0.05) is 6.07 Å². The highest BCUT2D eigenvalue weighted by molar-refractivity contribution is 14.0. The fraction of sp³-hybridized carbons (Fsp3) is 0.318. The summed E-state index contributed by atoms with van der Waals surface area (Å²) in [4.78, 5) is 9.22. The lowest BCUT2D eigenvalue weighted by Gasteiger charge is -2.12. The topological polar surface area (TPSA) is 82.9 Å². The van der Waals surface area contributed by atoms with E-state index in [0.717, 1.165) is 53.5 Å². The van der Waals surface area contributed by atoms with E-state index in [1.807, 2.05) is 24.7 Å². The van der Waals surface area contributed by atoms with Gasteiger partial charge in [0.2, 0.25) is 0 Å². The van der Waals surface area contributed by atoms with Gasteiger partial charge in [0.05, 0.1) is 0 Å². The number of halogens is 2. The fourth-order valence-electron chi connectivity index (χ4n) is 3.34. The number of rotatable bonds is 8. The average Bonchev–Trinajstić information content (AvgIpc) is 3.49. The third-order valence-electron chi connectivity index (χ3n) is 5.22. The van der Waals surface area contributed by atoms with Crippen molar-refractivity contribution in [2.75, 3.05) is 13.1 Å². The average molecular weight is 567 g/mol. The summed E-state index contributed by atoms with van der Waals surface area (Å²) in [5.74, 6) is 2.17. The van der Waals surface area contributed by atoms with Gasteiger partial charge in [-0.2, -0.15) is 0 Å². The number of nitrogens with one attached hydrogen (secondary N) is 3. The third-order valence-corrected chi connectivity index (χ3v) is 6.16. The van der Waals surface area contributed by atoms with Gasteiger partial charge in [-0.25, -0.2) is 9.38 Å². The second kappa shape index (κ2) is 11.4. The molecule has 0 amide bonds. The smallest absolute Gasteiger partial charge is 0.191 e. The Labute approximate surface area is 207 Å². The largest absolute Gasteiger partial charge is 0.361 e. The van der Waals surface area contributed by atoms with E-state index in [9.17, 15) is 4.39 Å². The van der Waals surface area contributed by atoms with Crippen LogP contribution in [-0.4, -0.2) is 38.8 Å². The van der Waals surface area contributed by atoms with E-state index in [1.54, 1.807) is 23.5 Å². The zero-order valence-corrected chi connectivity index (χ0v) is 21.2. The molecule has 0 radical (unpaired) electrons. The van der Waals surface area contributed by atoms with Crippen molar-refractivity contribution >= 4 is 52.2 Å². The number of aromatic nitrogens is 4. The van der Waals surface area contributed by atoms with Crippen molar-refractivity contribution in [1.82, 2.24) is 30.4 Å². The second-order valence-electron chi connectivity index (χ2n) is 7.32. The molecule has 1 aromatic carbocycles. The highest BCUT2D eigenvalue weighted by Gasteiger charge is 2.08. The van der Waals surface area contributed by atoms with E-state index in [1.165, 1.54) is 10.9 Å². The highest BCUT2D eigenvalue weighted by atomic mass is 127. The van der Waals surface area contributed by atoms with Gasteiger partial charge >= 0.3 is 0 Å². The summed E-state index contributed by atoms with van der Waals surface area (Å²) in [5, 5.41) is 18.1. The molecule has 3 aromatic heterocycles. The van der Waals surface area contributed by atoms with Crippen molar-refractivity contribution in [1.29, 1.82) is 0 Å². The van der Waals surface area contributed by atoms with Crippen LogP contribution in [0.5, 0.6) is 0 Å². The van der Waals surface area contributed by atoms with Gasteiger partial charge in [-0.15, -0.1) is 45.5 Å². The molecule has 3 heterocycles. The van der Waals surface area contributed by atoms with Crippen LogP contribution in [0, 0.1) is 12.7 Å². The van der Waals surface area contributed by atoms with Crippen LogP contribution < -0.4 is 10.6 Å². The molecule has 7 nitrogen and oxygen atoms in total. The Hall–Kier alpha value is -2.47. The molecule has 10 heteroatoms. The standard InChI is InChI=1S/C22H26FN7S.HI/c1-15-28-29-21(30(15)2)14-27-22(25-10-8-18-4-3-11-31-18)24-9-7-16-13-26-20-6-5-17(23)12-19(16)20;/h3-6,11-13,26H,7-10,14H2,1-2H3,(H2,24,25,27);1H. The van der Waals surface area contributed by atoms with Gasteiger partial charge in [0.1, 0.15) is 18.2 Å². The van der Waals surface area contributed by atoms with Crippen LogP contribution in [-0.2, 0) is 26.4 Å². The third kappa shape index (κ3) is 6.06. The van der Waals surface area contributed by atoms with Crippen LogP contribution in [0.15, 0.2) is 46.9 Å². The van der Waals surface area contributed by atoms with Crippen molar-refractivity contribution in [3.8, 4) is 0 Å². The van der Waals surface area contributed by atoms with Crippen LogP contribution in [0.1, 0.15) is 22.1 Å². The molecule has 0 aliphatic rings. The Morgan fingerprint density at radius 1 is 1.19 bits per heavy atom. The Morgan fingerprint density at radius 2 is 2.00 bits per heavy atom. The van der Waals surface area contributed by atoms with Crippen LogP contribution in [0.4, 0.5) is 4.39 Å². The van der Waals surface area contributed by atoms with Gasteiger partial charge in [0, 0.05) is 42.1 Å². The summed E-state index contributed by atoms with van der Waals surface area (Å²) in [7, 11) is 1.94. The van der Waals surface area contributed by atoms with Crippen LogP contribution >= 0.6 is 35.3 Å². The maximum absolute atomic E-state index is 13.6. The Kier molecular flexibility index (Phi) is 8.62. The molecule has 0 aliphatic carbocycles. The van der Waals surface area contributed by atoms with Crippen molar-refractivity contribution in [3.63, 3.8) is 0 Å². The fourth-order valence-corrected chi connectivity index (χ4v) is 4.05. The number of hydrogen-bond donors (Lipinski definition) is 3. The molecular formula is C22H27FIN7S. The van der Waals surface area contributed by atoms with Gasteiger partial charge < -0.3 is 20.2 Å². The number of nitrogens with zero attached hydrogens (tertiary/aromatic N) is 4. The summed E-state index contributed by atoms with van der Waals surface area (Å²) in [6.45, 7) is 3.81. The lowest BCUT2D eigenvalue weighted by atomic mass is 10.1. The van der Waals surface area contributed by atoms with E-state index in [0.29, 0.717) is 13.1 Å². The van der Waals surface area contributed by atoms with Gasteiger partial charge in [0.25, 0.3) is 0 Å². The van der Waals surface area contributed by atoms with Crippen LogP contribution in [0.25, 0.3) is 10.9 Å². The SMILES string of the molecule is Cc1nnc(CN=C(NCCc2cccs2)NCCc2c[nH]c3ccc(F)cc23)n1C.I. The maximum atomic E-state index is 13.6. The molecule has 0 atom stereocenters. The minimum atomic E-state index is -0.224. The number of H-pyrrole nitrogens is 1. The minimum absolute atomic E-state index is 0. The van der Waals surface area contributed by atoms with Crippen molar-refractivity contribution in [2.24, 2.45) is 12.0 Å². The zero-order chi connectivity index (χ0) is 21.6. The first-order chi connectivity index (χ1) is 15.1. The molecule has 3 N–H and O–H groups in total. The summed E-state index contributed by atoms with van der Waals surface area (Å²) < 4.78 is 15.6. The van der Waals surface area contributed by atoms with E-state index in [4.69, 9.17) is 0 Å². The van der Waals surface area contributed by atoms with E-state index >= 15 is 0 Å². The lowest BCUT2D eigenvalue weighted by molar-refractivity contribution is 0.629. The summed E-state index contributed by atoms with van der Waals surface area (Å²) in [6, 6.07) is 9.01. The number of fused-ring (bicyclic) bond motifs is 1. The van der Waals surface area contributed by atoms with Crippen molar-refractivity contribution in [3.05, 3.63) is 69.8 Å². The van der Waals surface area contributed by atoms with Gasteiger partial charge in [-0.05, 0) is 55.0 Å². The molecule has 0 unspecified atom stereocenters. The minimum Gasteiger partial charge on any atom is -0.361 e. The number of aromatic amines is 1. The number of thiophene rings is 1. The Morgan fingerprint density at radius 3 is 2.72 bits per heavy atom. The molecule has 170 valence electrons. The number of guanidine groups is 1. The number of aliphatic imine (C=N–C) groups is 1. The molecule has 4 aromatic rings. The molecule has 0 fully saturated rings. The predicted molar refractivity (Wildman–Crippen MR) is 138 cm³/mol. The lowest BCUT2D eigenvalue weighted by Crippen LogP contribution is -2.39. The quantitative estimate of drug-likeness (QED) is 0.171. The number of benzene rings is 1. The summed E-state index contributed by atoms with van der Waals surface area (Å²) in [5.41, 5.74) is 2.01. The van der Waals surface area contributed by atoms with E-state index in [-0.39, 0.29) is 29.8 Å². The predicted octanol–water partition coefficient (Wildman–Crippen LogP) is 3.94. The Balaban J connectivity index is 0.00000289. The molecule has 32 heavy (non-hydrogen) atoms. The molecule has 4 rings (SSSR count). The molecule has 0 spiro atoms. The van der Waals surface area contributed by atoms with Crippen molar-refractivity contribution < 1.29 is 4.39 Å². The Bertz CT molecular complexity index is 1170. The molecule has 0 saturated carbocycles. The van der Waals surface area contributed by atoms with Gasteiger partial charge in [-0.3, -0.25) is 0 Å². The normalized spacial score (nSPS) is 11.5. The van der Waals surface area contributed by atoms with Crippen LogP contribution in [0.3, 0.4) is 0 Å². The maximum Gasteiger partial charge on any atom is 0.191 e. The summed E-state index contributed by atoms with van der Waals surface area (Å²) in [6.07, 6.45) is 3.62. The molecule has 0 saturated heterocycles. The number of aryl methyl sites for hydroxylation is 1. The zero-order valence-electron chi connectivity index (χ0n) is 18.1. The van der Waals surface area contributed by atoms with Gasteiger partial charge in [0.15, 0.2) is 11.8 Å². The molecular weight excluding hydrogens is 540 g/mol. The second-order valence-corrected chi connectivity index (χ2v) is 8.36. The first-order valence-electron chi connectivity index (χ1n) is 10.2. The first kappa shape index (κ1) is 24.2. The van der Waals surface area contributed by atoms with Crippen molar-refractivity contribution in [2.45, 2.75) is 26.3 Å².